The summed E-state index contributed by atoms with van der Waals surface area (Å²) >= 11 is 14.4. The average Bonchev–Trinajstić information content (AvgIpc) is 3.34. The Balaban J connectivity index is 0.00000361. The molecule has 0 aliphatic heterocycles. The summed E-state index contributed by atoms with van der Waals surface area (Å²) < 4.78 is 13.5. The molecule has 11 heteroatoms. The van der Waals surface area contributed by atoms with Gasteiger partial charge in [0.1, 0.15) is 6.61 Å². The van der Waals surface area contributed by atoms with Crippen molar-refractivity contribution in [2.45, 2.75) is 25.2 Å². The highest BCUT2D eigenvalue weighted by atomic mass is 35.5. The van der Waals surface area contributed by atoms with Crippen LogP contribution in [-0.2, 0) is 13.2 Å². The molecule has 0 unspecified atom stereocenters. The molecule has 1 N–H and O–H groups in total. The van der Waals surface area contributed by atoms with Gasteiger partial charge < -0.3 is 14.8 Å². The number of benzene rings is 3. The van der Waals surface area contributed by atoms with E-state index in [4.69, 9.17) is 32.7 Å². The lowest BCUT2D eigenvalue weighted by Gasteiger charge is -2.16. The van der Waals surface area contributed by atoms with Crippen molar-refractivity contribution in [3.63, 3.8) is 0 Å². The molecule has 0 spiro atoms. The topological polar surface area (TPSA) is 74.1 Å². The summed E-state index contributed by atoms with van der Waals surface area (Å²) in [6, 6.07) is 21.2. The molecule has 0 atom stereocenters. The van der Waals surface area contributed by atoms with E-state index in [0.29, 0.717) is 41.3 Å². The van der Waals surface area contributed by atoms with Gasteiger partial charge in [-0.1, -0.05) is 71.4 Å². The third-order valence-electron chi connectivity index (χ3n) is 4.98. The Morgan fingerprint density at radius 3 is 2.53 bits per heavy atom. The molecule has 0 saturated carbocycles. The second-order valence-corrected chi connectivity index (χ2v) is 9.33. The van der Waals surface area contributed by atoms with E-state index in [-0.39, 0.29) is 12.4 Å². The van der Waals surface area contributed by atoms with Crippen LogP contribution in [0.5, 0.6) is 11.5 Å². The summed E-state index contributed by atoms with van der Waals surface area (Å²) in [6.45, 7) is 4.13. The molecule has 1 aromatic heterocycles. The maximum Gasteiger partial charge on any atom is 0.214 e. The Bertz CT molecular complexity index is 1240. The molecule has 36 heavy (non-hydrogen) atoms. The minimum atomic E-state index is 0. The van der Waals surface area contributed by atoms with Crippen molar-refractivity contribution in [1.29, 1.82) is 0 Å². The Labute approximate surface area is 230 Å². The maximum atomic E-state index is 6.56. The second kappa shape index (κ2) is 14.3. The van der Waals surface area contributed by atoms with Crippen LogP contribution in [0.3, 0.4) is 0 Å². The molecule has 4 aromatic rings. The van der Waals surface area contributed by atoms with Gasteiger partial charge in [-0.25, -0.2) is 0 Å². The van der Waals surface area contributed by atoms with Crippen molar-refractivity contribution in [2.75, 3.05) is 18.9 Å². The zero-order chi connectivity index (χ0) is 24.5. The quantitative estimate of drug-likeness (QED) is 0.160. The first-order valence-electron chi connectivity index (χ1n) is 11.1. The lowest BCUT2D eigenvalue weighted by Crippen LogP contribution is -2.17. The predicted molar refractivity (Wildman–Crippen MR) is 147 cm³/mol. The van der Waals surface area contributed by atoms with Gasteiger partial charge in [0.2, 0.25) is 5.16 Å². The molecule has 4 rings (SSSR count). The minimum Gasteiger partial charge on any atom is -0.490 e. The Morgan fingerprint density at radius 1 is 0.972 bits per heavy atom. The van der Waals surface area contributed by atoms with Crippen LogP contribution in [0.25, 0.3) is 5.69 Å². The fourth-order valence-corrected chi connectivity index (χ4v) is 4.60. The Kier molecular flexibility index (Phi) is 11.2. The van der Waals surface area contributed by atoms with Crippen LogP contribution in [0.4, 0.5) is 0 Å². The number of tetrazole rings is 1. The molecular weight excluding hydrogens is 541 g/mol. The van der Waals surface area contributed by atoms with E-state index in [2.05, 4.69) is 20.8 Å². The summed E-state index contributed by atoms with van der Waals surface area (Å²) in [5.41, 5.74) is 2.82. The van der Waals surface area contributed by atoms with Crippen molar-refractivity contribution in [1.82, 2.24) is 25.5 Å². The van der Waals surface area contributed by atoms with Gasteiger partial charge in [0.25, 0.3) is 0 Å². The molecular formula is C25H26Cl3N5O2S. The van der Waals surface area contributed by atoms with Crippen LogP contribution in [0.1, 0.15) is 18.1 Å². The zero-order valence-electron chi connectivity index (χ0n) is 19.6. The molecule has 1 heterocycles. The first-order valence-corrected chi connectivity index (χ1v) is 12.9. The molecule has 0 amide bonds. The number of rotatable bonds is 12. The SMILES string of the molecule is CCOc1cc(CNCCSc2nnnn2-c2ccccc2)cc(Cl)c1OCc1ccccc1Cl.Cl. The Morgan fingerprint density at radius 2 is 1.75 bits per heavy atom. The number of para-hydroxylation sites is 1. The van der Waals surface area contributed by atoms with Gasteiger partial charge in [-0.05, 0) is 53.2 Å². The summed E-state index contributed by atoms with van der Waals surface area (Å²) in [5.74, 6) is 1.93. The monoisotopic (exact) mass is 565 g/mol. The third-order valence-corrected chi connectivity index (χ3v) is 6.55. The third kappa shape index (κ3) is 7.51. The van der Waals surface area contributed by atoms with Crippen LogP contribution in [-0.4, -0.2) is 39.1 Å². The summed E-state index contributed by atoms with van der Waals surface area (Å²) in [6.07, 6.45) is 0. The molecule has 0 bridgehead atoms. The number of halogens is 3. The molecule has 7 nitrogen and oxygen atoms in total. The van der Waals surface area contributed by atoms with E-state index >= 15 is 0 Å². The Hall–Kier alpha value is -2.49. The van der Waals surface area contributed by atoms with E-state index in [0.717, 1.165) is 34.3 Å². The largest absolute Gasteiger partial charge is 0.490 e. The first kappa shape index (κ1) is 28.1. The molecule has 0 aliphatic rings. The molecule has 190 valence electrons. The maximum absolute atomic E-state index is 6.56. The van der Waals surface area contributed by atoms with Gasteiger partial charge in [-0.2, -0.15) is 4.68 Å². The van der Waals surface area contributed by atoms with Gasteiger partial charge in [-0.3, -0.25) is 0 Å². The van der Waals surface area contributed by atoms with Crippen molar-refractivity contribution in [3.8, 4) is 17.2 Å². The van der Waals surface area contributed by atoms with Crippen LogP contribution in [0.2, 0.25) is 10.0 Å². The van der Waals surface area contributed by atoms with Crippen molar-refractivity contribution < 1.29 is 9.47 Å². The zero-order valence-corrected chi connectivity index (χ0v) is 22.7. The van der Waals surface area contributed by atoms with Crippen LogP contribution < -0.4 is 14.8 Å². The second-order valence-electron chi connectivity index (χ2n) is 7.45. The summed E-state index contributed by atoms with van der Waals surface area (Å²) in [4.78, 5) is 0. The van der Waals surface area contributed by atoms with Gasteiger partial charge in [0.15, 0.2) is 11.5 Å². The minimum absolute atomic E-state index is 0. The first-order chi connectivity index (χ1) is 17.2. The van der Waals surface area contributed by atoms with Gasteiger partial charge in [0, 0.05) is 29.4 Å². The number of hydrogen-bond donors (Lipinski definition) is 1. The number of nitrogens with one attached hydrogen (secondary N) is 1. The van der Waals surface area contributed by atoms with Crippen molar-refractivity contribution >= 4 is 47.4 Å². The highest BCUT2D eigenvalue weighted by Crippen LogP contribution is 2.37. The number of ether oxygens (including phenoxy) is 2. The average molecular weight is 567 g/mol. The fraction of sp³-hybridized carbons (Fsp3) is 0.240. The van der Waals surface area contributed by atoms with Gasteiger partial charge in [-0.15, -0.1) is 17.5 Å². The van der Waals surface area contributed by atoms with E-state index in [1.807, 2.05) is 73.7 Å². The van der Waals surface area contributed by atoms with Crippen LogP contribution in [0, 0.1) is 0 Å². The lowest BCUT2D eigenvalue weighted by molar-refractivity contribution is 0.269. The lowest BCUT2D eigenvalue weighted by atomic mass is 10.2. The smallest absolute Gasteiger partial charge is 0.214 e. The number of nitrogens with zero attached hydrogens (tertiary/aromatic N) is 4. The van der Waals surface area contributed by atoms with E-state index in [9.17, 15) is 0 Å². The molecule has 0 fully saturated rings. The standard InChI is InChI=1S/C25H25Cl2N5O2S.ClH/c1-2-33-23-15-18(14-22(27)24(23)34-17-19-8-6-7-11-21(19)26)16-28-12-13-35-25-29-30-31-32(25)20-9-4-3-5-10-20;/h3-11,14-15,28H,2,12-13,16-17H2,1H3;1H. The van der Waals surface area contributed by atoms with Gasteiger partial charge in [0.05, 0.1) is 17.3 Å². The van der Waals surface area contributed by atoms with Crippen molar-refractivity contribution in [3.05, 3.63) is 87.9 Å². The number of aromatic nitrogens is 4. The molecule has 0 saturated heterocycles. The summed E-state index contributed by atoms with van der Waals surface area (Å²) in [5, 5.41) is 17.3. The molecule has 0 radical (unpaired) electrons. The fourth-order valence-electron chi connectivity index (χ4n) is 3.34. The number of thioether (sulfide) groups is 1. The van der Waals surface area contributed by atoms with E-state index in [1.165, 1.54) is 0 Å². The molecule has 3 aromatic carbocycles. The van der Waals surface area contributed by atoms with Gasteiger partial charge >= 0.3 is 0 Å². The molecule has 0 aliphatic carbocycles. The van der Waals surface area contributed by atoms with Crippen molar-refractivity contribution in [2.24, 2.45) is 0 Å². The normalized spacial score (nSPS) is 10.6. The number of hydrogen-bond acceptors (Lipinski definition) is 7. The summed E-state index contributed by atoms with van der Waals surface area (Å²) in [7, 11) is 0. The van der Waals surface area contributed by atoms with Crippen LogP contribution >= 0.6 is 47.4 Å². The highest BCUT2D eigenvalue weighted by Gasteiger charge is 2.14. The van der Waals surface area contributed by atoms with E-state index in [1.54, 1.807) is 16.4 Å². The van der Waals surface area contributed by atoms with Crippen LogP contribution in [0.15, 0.2) is 71.9 Å². The van der Waals surface area contributed by atoms with E-state index < -0.39 is 0 Å². The predicted octanol–water partition coefficient (Wildman–Crippen LogP) is 6.25. The highest BCUT2D eigenvalue weighted by molar-refractivity contribution is 7.99.